The van der Waals surface area contributed by atoms with Gasteiger partial charge in [0.2, 0.25) is 0 Å². The van der Waals surface area contributed by atoms with Crippen molar-refractivity contribution >= 4 is 34.8 Å². The lowest BCUT2D eigenvalue weighted by Gasteiger charge is -2.12. The Morgan fingerprint density at radius 1 is 0.914 bits per heavy atom. The molecule has 0 saturated heterocycles. The number of benzene rings is 2. The van der Waals surface area contributed by atoms with Crippen LogP contribution in [0.5, 0.6) is 11.5 Å². The highest BCUT2D eigenvalue weighted by molar-refractivity contribution is 6.37. The molecular weight excluding hydrogens is 481 g/mol. The summed E-state index contributed by atoms with van der Waals surface area (Å²) in [6.45, 7) is 3.79. The smallest absolute Gasteiger partial charge is 0.262 e. The van der Waals surface area contributed by atoms with E-state index >= 15 is 0 Å². The molecule has 2 rings (SSSR count). The molecule has 0 aliphatic rings. The van der Waals surface area contributed by atoms with Crippen molar-refractivity contribution in [2.45, 2.75) is 97.3 Å². The molecule has 0 radical (unpaired) electrons. The number of carbonyl (C=O) groups excluding carboxylic acids is 1. The number of nitrogens with one attached hydrogen (secondary N) is 1. The zero-order chi connectivity index (χ0) is 25.5. The molecule has 1 amide bonds. The van der Waals surface area contributed by atoms with E-state index < -0.39 is 5.91 Å². The number of anilines is 1. The summed E-state index contributed by atoms with van der Waals surface area (Å²) in [6.07, 6.45) is 17.1. The molecule has 0 spiro atoms. The van der Waals surface area contributed by atoms with E-state index in [0.717, 1.165) is 12.8 Å². The van der Waals surface area contributed by atoms with E-state index in [2.05, 4.69) is 18.3 Å². The van der Waals surface area contributed by atoms with E-state index in [1.807, 2.05) is 18.2 Å². The average molecular weight is 523 g/mol. The number of halogens is 2. The van der Waals surface area contributed by atoms with Crippen LogP contribution in [-0.2, 0) is 11.2 Å². The predicted octanol–water partition coefficient (Wildman–Crippen LogP) is 9.27. The molecule has 0 bridgehead atoms. The van der Waals surface area contributed by atoms with Gasteiger partial charge in [-0.15, -0.1) is 0 Å². The van der Waals surface area contributed by atoms with Crippen LogP contribution in [0.4, 0.5) is 5.69 Å². The van der Waals surface area contributed by atoms with Gasteiger partial charge in [-0.05, 0) is 49.1 Å². The molecule has 2 N–H and O–H groups in total. The second-order valence-corrected chi connectivity index (χ2v) is 10.1. The van der Waals surface area contributed by atoms with Crippen LogP contribution in [0.25, 0.3) is 0 Å². The minimum absolute atomic E-state index is 0.124. The van der Waals surface area contributed by atoms with Gasteiger partial charge in [-0.2, -0.15) is 0 Å². The first-order chi connectivity index (χ1) is 16.9. The first-order valence-electron chi connectivity index (χ1n) is 13.1. The normalized spacial score (nSPS) is 11.0. The fourth-order valence-electron chi connectivity index (χ4n) is 4.10. The maximum absolute atomic E-state index is 12.3. The molecule has 35 heavy (non-hydrogen) atoms. The summed E-state index contributed by atoms with van der Waals surface area (Å²) in [7, 11) is 0. The van der Waals surface area contributed by atoms with E-state index in [4.69, 9.17) is 27.9 Å². The topological polar surface area (TPSA) is 58.6 Å². The Kier molecular flexibility index (Phi) is 14.0. The Hall–Kier alpha value is -1.91. The summed E-state index contributed by atoms with van der Waals surface area (Å²) < 4.78 is 5.66. The molecule has 0 fully saturated rings. The lowest BCUT2D eigenvalue weighted by Crippen LogP contribution is -2.20. The van der Waals surface area contributed by atoms with E-state index in [1.54, 1.807) is 6.92 Å². The van der Waals surface area contributed by atoms with Crippen LogP contribution in [0.2, 0.25) is 10.0 Å². The Morgan fingerprint density at radius 3 is 2.14 bits per heavy atom. The van der Waals surface area contributed by atoms with Gasteiger partial charge in [0.15, 0.2) is 12.4 Å². The molecule has 0 saturated carbocycles. The number of carbonyl (C=O) groups is 1. The quantitative estimate of drug-likeness (QED) is 0.161. The van der Waals surface area contributed by atoms with Crippen LogP contribution in [0, 0.1) is 6.92 Å². The molecule has 0 heterocycles. The van der Waals surface area contributed by atoms with Crippen molar-refractivity contribution in [3.63, 3.8) is 0 Å². The Balaban J connectivity index is 1.62. The molecule has 0 aliphatic carbocycles. The minimum Gasteiger partial charge on any atom is -0.504 e. The number of phenolic OH excluding ortho intramolecular Hbond substituents is 1. The number of rotatable bonds is 17. The number of amides is 1. The summed E-state index contributed by atoms with van der Waals surface area (Å²) in [5, 5.41) is 13.2. The standard InChI is InChI=1S/C29H41Cl2NO3/c1-3-4-5-6-7-8-9-10-11-12-13-14-16-23-17-15-18-24(19-23)35-21-27(33)32-26-20-25(30)22(2)28(31)29(26)34/h15,17-20,34H,3-14,16,21H2,1-2H3,(H,32,33). The van der Waals surface area contributed by atoms with Gasteiger partial charge in [-0.25, -0.2) is 0 Å². The molecule has 194 valence electrons. The zero-order valence-electron chi connectivity index (χ0n) is 21.3. The highest BCUT2D eigenvalue weighted by atomic mass is 35.5. The van der Waals surface area contributed by atoms with Crippen molar-refractivity contribution in [3.05, 3.63) is 51.5 Å². The number of unbranched alkanes of at least 4 members (excludes halogenated alkanes) is 11. The van der Waals surface area contributed by atoms with Gasteiger partial charge in [-0.1, -0.05) is 113 Å². The van der Waals surface area contributed by atoms with Crippen LogP contribution < -0.4 is 10.1 Å². The third kappa shape index (κ3) is 11.1. The number of hydrogen-bond donors (Lipinski definition) is 2. The number of aryl methyl sites for hydroxylation is 1. The van der Waals surface area contributed by atoms with Gasteiger partial charge in [-0.3, -0.25) is 4.79 Å². The van der Waals surface area contributed by atoms with E-state index in [1.165, 1.54) is 82.3 Å². The third-order valence-corrected chi connectivity index (χ3v) is 7.14. The van der Waals surface area contributed by atoms with Crippen molar-refractivity contribution in [1.29, 1.82) is 0 Å². The van der Waals surface area contributed by atoms with E-state index in [-0.39, 0.29) is 23.1 Å². The average Bonchev–Trinajstić information content (AvgIpc) is 2.85. The van der Waals surface area contributed by atoms with Crippen LogP contribution in [0.3, 0.4) is 0 Å². The van der Waals surface area contributed by atoms with Crippen molar-refractivity contribution in [2.75, 3.05) is 11.9 Å². The number of aromatic hydroxyl groups is 1. The zero-order valence-corrected chi connectivity index (χ0v) is 22.8. The monoisotopic (exact) mass is 521 g/mol. The molecule has 4 nitrogen and oxygen atoms in total. The van der Waals surface area contributed by atoms with Gasteiger partial charge >= 0.3 is 0 Å². The minimum atomic E-state index is -0.400. The van der Waals surface area contributed by atoms with Crippen LogP contribution in [-0.4, -0.2) is 17.6 Å². The summed E-state index contributed by atoms with van der Waals surface area (Å²) in [5.74, 6) is 0.0507. The van der Waals surface area contributed by atoms with Crippen LogP contribution in [0.1, 0.15) is 95.1 Å². The maximum atomic E-state index is 12.3. The maximum Gasteiger partial charge on any atom is 0.262 e. The molecular formula is C29H41Cl2NO3. The van der Waals surface area contributed by atoms with Crippen molar-refractivity contribution < 1.29 is 14.6 Å². The van der Waals surface area contributed by atoms with Crippen LogP contribution >= 0.6 is 23.2 Å². The van der Waals surface area contributed by atoms with E-state index in [9.17, 15) is 9.90 Å². The lowest BCUT2D eigenvalue weighted by atomic mass is 10.0. The molecule has 0 aliphatic heterocycles. The third-order valence-electron chi connectivity index (χ3n) is 6.28. The van der Waals surface area contributed by atoms with Crippen LogP contribution in [0.15, 0.2) is 30.3 Å². The molecule has 0 aromatic heterocycles. The summed E-state index contributed by atoms with van der Waals surface area (Å²) >= 11 is 12.1. The second kappa shape index (κ2) is 16.7. The Morgan fingerprint density at radius 2 is 1.51 bits per heavy atom. The number of ether oxygens (including phenoxy) is 1. The SMILES string of the molecule is CCCCCCCCCCCCCCc1cccc(OCC(=O)Nc2cc(Cl)c(C)c(Cl)c2O)c1. The second-order valence-electron chi connectivity index (χ2n) is 9.32. The summed E-state index contributed by atoms with van der Waals surface area (Å²) in [4.78, 5) is 12.3. The van der Waals surface area contributed by atoms with Crippen molar-refractivity contribution in [3.8, 4) is 11.5 Å². The van der Waals surface area contributed by atoms with Crippen molar-refractivity contribution in [1.82, 2.24) is 0 Å². The number of hydrogen-bond acceptors (Lipinski definition) is 3. The van der Waals surface area contributed by atoms with E-state index in [0.29, 0.717) is 16.3 Å². The van der Waals surface area contributed by atoms with Gasteiger partial charge in [0.25, 0.3) is 5.91 Å². The highest BCUT2D eigenvalue weighted by Crippen LogP contribution is 2.38. The van der Waals surface area contributed by atoms with Gasteiger partial charge < -0.3 is 15.2 Å². The first kappa shape index (κ1) is 29.3. The largest absolute Gasteiger partial charge is 0.504 e. The predicted molar refractivity (Wildman–Crippen MR) is 148 cm³/mol. The van der Waals surface area contributed by atoms with Crippen molar-refractivity contribution in [2.24, 2.45) is 0 Å². The fraction of sp³-hybridized carbons (Fsp3) is 0.552. The first-order valence-corrected chi connectivity index (χ1v) is 13.9. The molecule has 0 unspecified atom stereocenters. The molecule has 6 heteroatoms. The van der Waals surface area contributed by atoms with Gasteiger partial charge in [0, 0.05) is 5.02 Å². The van der Waals surface area contributed by atoms with Gasteiger partial charge in [0.1, 0.15) is 5.75 Å². The highest BCUT2D eigenvalue weighted by Gasteiger charge is 2.15. The Bertz CT molecular complexity index is 917. The summed E-state index contributed by atoms with van der Waals surface area (Å²) in [6, 6.07) is 9.36. The lowest BCUT2D eigenvalue weighted by molar-refractivity contribution is -0.118. The molecule has 0 atom stereocenters. The Labute approximate surface area is 221 Å². The fourth-order valence-corrected chi connectivity index (χ4v) is 4.55. The molecule has 2 aromatic rings. The van der Waals surface area contributed by atoms with Gasteiger partial charge in [0.05, 0.1) is 10.7 Å². The number of phenols is 1. The summed E-state index contributed by atoms with van der Waals surface area (Å²) in [5.41, 5.74) is 1.94. The molecule has 2 aromatic carbocycles.